The van der Waals surface area contributed by atoms with Gasteiger partial charge in [0, 0.05) is 12.6 Å². The van der Waals surface area contributed by atoms with Crippen molar-refractivity contribution in [1.82, 2.24) is 0 Å². The summed E-state index contributed by atoms with van der Waals surface area (Å²) in [7, 11) is 1.25. The predicted molar refractivity (Wildman–Crippen MR) is 52.6 cm³/mol. The molecule has 1 N–H and O–H groups in total. The Labute approximate surface area is 86.5 Å². The number of hydrogen-bond donors (Lipinski definition) is 1. The average molecular weight is 218 g/mol. The van der Waals surface area contributed by atoms with E-state index in [1.54, 1.807) is 0 Å². The van der Waals surface area contributed by atoms with Gasteiger partial charge in [-0.2, -0.15) is 0 Å². The molecular formula is C8H9BClFO3. The fourth-order valence-electron chi connectivity index (χ4n) is 1.05. The van der Waals surface area contributed by atoms with E-state index >= 15 is 0 Å². The lowest BCUT2D eigenvalue weighted by Gasteiger charge is -2.09. The molecule has 0 saturated heterocycles. The van der Waals surface area contributed by atoms with Gasteiger partial charge in [0.15, 0.2) is 11.6 Å². The van der Waals surface area contributed by atoms with Crippen LogP contribution in [0.5, 0.6) is 5.75 Å². The van der Waals surface area contributed by atoms with Crippen molar-refractivity contribution >= 4 is 24.2 Å². The molecule has 1 aromatic carbocycles. The van der Waals surface area contributed by atoms with Gasteiger partial charge in [0.1, 0.15) is 0 Å². The number of rotatable bonds is 3. The summed E-state index contributed by atoms with van der Waals surface area (Å²) in [5.74, 6) is -0.811. The van der Waals surface area contributed by atoms with Gasteiger partial charge in [-0.25, -0.2) is 4.39 Å². The van der Waals surface area contributed by atoms with Crippen molar-refractivity contribution in [1.29, 1.82) is 0 Å². The highest BCUT2D eigenvalue weighted by Gasteiger charge is 2.23. The Morgan fingerprint density at radius 1 is 1.43 bits per heavy atom. The third kappa shape index (κ3) is 2.00. The lowest BCUT2D eigenvalue weighted by atomic mass is 9.79. The third-order valence-electron chi connectivity index (χ3n) is 1.77. The van der Waals surface area contributed by atoms with Crippen LogP contribution in [0.3, 0.4) is 0 Å². The first-order valence-electron chi connectivity index (χ1n) is 3.84. The highest BCUT2D eigenvalue weighted by Crippen LogP contribution is 2.25. The molecule has 1 rings (SSSR count). The largest absolute Gasteiger partial charge is 0.494 e. The number of benzene rings is 1. The second-order valence-electron chi connectivity index (χ2n) is 2.57. The van der Waals surface area contributed by atoms with Crippen molar-refractivity contribution in [2.24, 2.45) is 0 Å². The molecule has 0 aromatic heterocycles. The molecule has 0 unspecified atom stereocenters. The molecule has 6 heteroatoms. The minimum atomic E-state index is -1.32. The molecule has 0 spiro atoms. The van der Waals surface area contributed by atoms with Crippen LogP contribution in [-0.2, 0) is 4.65 Å². The average Bonchev–Trinajstić information content (AvgIpc) is 2.18. The molecule has 14 heavy (non-hydrogen) atoms. The van der Waals surface area contributed by atoms with Gasteiger partial charge in [-0.1, -0.05) is 17.7 Å². The zero-order valence-corrected chi connectivity index (χ0v) is 8.51. The van der Waals surface area contributed by atoms with Crippen LogP contribution in [0, 0.1) is 5.82 Å². The molecule has 0 aliphatic heterocycles. The fraction of sp³-hybridized carbons (Fsp3) is 0.250. The summed E-state index contributed by atoms with van der Waals surface area (Å²) in [5.41, 5.74) is -0.00579. The monoisotopic (exact) mass is 218 g/mol. The van der Waals surface area contributed by atoms with Crippen LogP contribution in [0.15, 0.2) is 12.1 Å². The van der Waals surface area contributed by atoms with E-state index in [-0.39, 0.29) is 16.2 Å². The van der Waals surface area contributed by atoms with Crippen LogP contribution in [0.4, 0.5) is 4.39 Å². The van der Waals surface area contributed by atoms with Gasteiger partial charge in [0.25, 0.3) is 0 Å². The quantitative estimate of drug-likeness (QED) is 0.764. The zero-order chi connectivity index (χ0) is 10.7. The normalized spacial score (nSPS) is 10.1. The first-order chi connectivity index (χ1) is 6.61. The van der Waals surface area contributed by atoms with Crippen molar-refractivity contribution in [3.63, 3.8) is 0 Å². The Hall–Kier alpha value is -0.775. The molecule has 3 nitrogen and oxygen atoms in total. The Kier molecular flexibility index (Phi) is 3.74. The van der Waals surface area contributed by atoms with Crippen LogP contribution in [-0.4, -0.2) is 26.4 Å². The van der Waals surface area contributed by atoms with Crippen molar-refractivity contribution in [2.45, 2.75) is 0 Å². The maximum atomic E-state index is 13.5. The lowest BCUT2D eigenvalue weighted by Crippen LogP contribution is -2.35. The zero-order valence-electron chi connectivity index (χ0n) is 7.75. The number of ether oxygens (including phenoxy) is 1. The van der Waals surface area contributed by atoms with Crippen molar-refractivity contribution in [2.75, 3.05) is 14.2 Å². The first-order valence-corrected chi connectivity index (χ1v) is 4.22. The smallest absolute Gasteiger partial charge is 0.492 e. The standard InChI is InChI=1S/C8H9BClFO3/c1-13-8-6(10)4-3-5(7(8)11)9(12)14-2/h3-4,12H,1-2H3. The van der Waals surface area contributed by atoms with Gasteiger partial charge in [-0.15, -0.1) is 0 Å². The molecular weight excluding hydrogens is 209 g/mol. The molecule has 0 aliphatic rings. The molecule has 0 saturated carbocycles. The van der Waals surface area contributed by atoms with Gasteiger partial charge in [-0.3, -0.25) is 0 Å². The molecule has 76 valence electrons. The van der Waals surface area contributed by atoms with E-state index in [9.17, 15) is 9.41 Å². The molecule has 1 aromatic rings. The van der Waals surface area contributed by atoms with E-state index in [0.717, 1.165) is 0 Å². The first kappa shape index (κ1) is 11.3. The van der Waals surface area contributed by atoms with Crippen molar-refractivity contribution in [3.05, 3.63) is 23.0 Å². The fourth-order valence-corrected chi connectivity index (χ4v) is 1.28. The van der Waals surface area contributed by atoms with Crippen LogP contribution >= 0.6 is 11.6 Å². The highest BCUT2D eigenvalue weighted by atomic mass is 35.5. The number of methoxy groups -OCH3 is 1. The van der Waals surface area contributed by atoms with E-state index in [2.05, 4.69) is 4.65 Å². The Balaban J connectivity index is 3.21. The molecule has 0 atom stereocenters. The molecule has 0 heterocycles. The summed E-state index contributed by atoms with van der Waals surface area (Å²) < 4.78 is 22.8. The van der Waals surface area contributed by atoms with Crippen LogP contribution in [0.2, 0.25) is 5.02 Å². The van der Waals surface area contributed by atoms with Crippen molar-refractivity contribution < 1.29 is 18.8 Å². The van der Waals surface area contributed by atoms with Crippen LogP contribution in [0.1, 0.15) is 0 Å². The van der Waals surface area contributed by atoms with Crippen LogP contribution in [0.25, 0.3) is 0 Å². The maximum Gasteiger partial charge on any atom is 0.494 e. The predicted octanol–water partition coefficient (Wildman–Crippen LogP) is 0.822. The minimum Gasteiger partial charge on any atom is -0.492 e. The lowest BCUT2D eigenvalue weighted by molar-refractivity contribution is 0.338. The number of hydrogen-bond acceptors (Lipinski definition) is 3. The summed E-state index contributed by atoms with van der Waals surface area (Å²) in [6.07, 6.45) is 0. The van der Waals surface area contributed by atoms with Gasteiger partial charge >= 0.3 is 7.12 Å². The summed E-state index contributed by atoms with van der Waals surface area (Å²) in [6, 6.07) is 2.77. The Morgan fingerprint density at radius 2 is 2.07 bits per heavy atom. The topological polar surface area (TPSA) is 38.7 Å². The second kappa shape index (κ2) is 4.64. The SMILES string of the molecule is COB(O)c1ccc(Cl)c(OC)c1F. The molecule has 0 amide bonds. The van der Waals surface area contributed by atoms with E-state index in [1.165, 1.54) is 26.4 Å². The van der Waals surface area contributed by atoms with E-state index in [0.29, 0.717) is 0 Å². The number of halogens is 2. The summed E-state index contributed by atoms with van der Waals surface area (Å²) in [6.45, 7) is 0. The van der Waals surface area contributed by atoms with Gasteiger partial charge < -0.3 is 14.4 Å². The highest BCUT2D eigenvalue weighted by molar-refractivity contribution is 6.60. The Bertz CT molecular complexity index is 335. The summed E-state index contributed by atoms with van der Waals surface area (Å²) >= 11 is 5.66. The molecule has 0 fully saturated rings. The molecule has 0 radical (unpaired) electrons. The molecule has 0 bridgehead atoms. The van der Waals surface area contributed by atoms with Crippen molar-refractivity contribution in [3.8, 4) is 5.75 Å². The minimum absolute atomic E-state index is 0.00579. The summed E-state index contributed by atoms with van der Waals surface area (Å²) in [5, 5.41) is 9.41. The van der Waals surface area contributed by atoms with Gasteiger partial charge in [-0.05, 0) is 6.07 Å². The maximum absolute atomic E-state index is 13.5. The van der Waals surface area contributed by atoms with Crippen LogP contribution < -0.4 is 10.2 Å². The van der Waals surface area contributed by atoms with Gasteiger partial charge in [0.05, 0.1) is 12.1 Å². The second-order valence-corrected chi connectivity index (χ2v) is 2.98. The summed E-state index contributed by atoms with van der Waals surface area (Å²) in [4.78, 5) is 0. The van der Waals surface area contributed by atoms with E-state index in [4.69, 9.17) is 16.3 Å². The third-order valence-corrected chi connectivity index (χ3v) is 2.07. The molecule has 0 aliphatic carbocycles. The van der Waals surface area contributed by atoms with E-state index < -0.39 is 12.9 Å². The Morgan fingerprint density at radius 3 is 2.57 bits per heavy atom. The van der Waals surface area contributed by atoms with Gasteiger partial charge in [0.2, 0.25) is 0 Å². The van der Waals surface area contributed by atoms with E-state index in [1.807, 2.05) is 0 Å².